The summed E-state index contributed by atoms with van der Waals surface area (Å²) < 4.78 is 0. The van der Waals surface area contributed by atoms with Crippen molar-refractivity contribution in [1.82, 2.24) is 9.97 Å². The molecule has 0 bridgehead atoms. The lowest BCUT2D eigenvalue weighted by molar-refractivity contribution is -0.137. The molecule has 0 spiro atoms. The zero-order chi connectivity index (χ0) is 25.5. The Morgan fingerprint density at radius 2 is 1.95 bits per heavy atom. The van der Waals surface area contributed by atoms with Gasteiger partial charge in [0.2, 0.25) is 0 Å². The Morgan fingerprint density at radius 3 is 2.81 bits per heavy atom. The number of hydrogen-bond acceptors (Lipinski definition) is 3. The molecule has 0 unspecified atom stereocenters. The van der Waals surface area contributed by atoms with Crippen molar-refractivity contribution in [3.63, 3.8) is 0 Å². The first-order valence-corrected chi connectivity index (χ1v) is 12.9. The van der Waals surface area contributed by atoms with Crippen molar-refractivity contribution in [2.24, 2.45) is 0 Å². The highest BCUT2D eigenvalue weighted by Crippen LogP contribution is 2.39. The summed E-state index contributed by atoms with van der Waals surface area (Å²) >= 11 is 0. The Hall–Kier alpha value is -4.19. The first kappa shape index (κ1) is 23.2. The van der Waals surface area contributed by atoms with Gasteiger partial charge in [0, 0.05) is 47.1 Å². The molecule has 1 aliphatic heterocycles. The van der Waals surface area contributed by atoms with E-state index in [4.69, 9.17) is 10.1 Å². The topological polar surface area (TPSA) is 95.1 Å². The number of benzene rings is 2. The van der Waals surface area contributed by atoms with Crippen molar-refractivity contribution >= 4 is 40.0 Å². The van der Waals surface area contributed by atoms with Gasteiger partial charge in [-0.15, -0.1) is 0 Å². The zero-order valence-electron chi connectivity index (χ0n) is 20.9. The summed E-state index contributed by atoms with van der Waals surface area (Å²) in [6.07, 6.45) is 9.41. The molecule has 6 nitrogen and oxygen atoms in total. The highest BCUT2D eigenvalue weighted by molar-refractivity contribution is 6.35. The first-order chi connectivity index (χ1) is 18.0. The number of aryl methyl sites for hydroxylation is 2. The molecule has 0 fully saturated rings. The molecule has 4 aromatic rings. The van der Waals surface area contributed by atoms with Crippen LogP contribution in [0.1, 0.15) is 64.2 Å². The molecule has 0 saturated carbocycles. The molecule has 0 saturated heterocycles. The number of aromatic nitrogens is 2. The number of carboxylic acid groups (broad SMARTS) is 1. The van der Waals surface area contributed by atoms with E-state index in [1.165, 1.54) is 22.2 Å². The first-order valence-electron chi connectivity index (χ1n) is 12.9. The van der Waals surface area contributed by atoms with Gasteiger partial charge in [-0.05, 0) is 84.9 Å². The lowest BCUT2D eigenvalue weighted by Gasteiger charge is -2.13. The number of pyridine rings is 1. The van der Waals surface area contributed by atoms with Crippen molar-refractivity contribution in [2.45, 2.75) is 51.9 Å². The number of H-pyrrole nitrogens is 1. The van der Waals surface area contributed by atoms with E-state index in [2.05, 4.69) is 22.4 Å². The fraction of sp³-hybridized carbons (Fsp3) is 0.258. The largest absolute Gasteiger partial charge is 0.481 e. The fourth-order valence-electron chi connectivity index (χ4n) is 5.90. The van der Waals surface area contributed by atoms with E-state index in [0.29, 0.717) is 18.4 Å². The van der Waals surface area contributed by atoms with Crippen LogP contribution in [0.3, 0.4) is 0 Å². The van der Waals surface area contributed by atoms with Gasteiger partial charge in [0.1, 0.15) is 0 Å². The van der Waals surface area contributed by atoms with Crippen molar-refractivity contribution < 1.29 is 14.7 Å². The molecule has 6 heteroatoms. The quantitative estimate of drug-likeness (QED) is 0.295. The van der Waals surface area contributed by atoms with Crippen LogP contribution in [0.5, 0.6) is 0 Å². The van der Waals surface area contributed by atoms with E-state index in [9.17, 15) is 9.59 Å². The van der Waals surface area contributed by atoms with Crippen LogP contribution in [-0.2, 0) is 35.3 Å². The van der Waals surface area contributed by atoms with Gasteiger partial charge in [-0.2, -0.15) is 0 Å². The number of anilines is 1. The summed E-state index contributed by atoms with van der Waals surface area (Å²) in [7, 11) is 0. The van der Waals surface area contributed by atoms with E-state index >= 15 is 0 Å². The Morgan fingerprint density at radius 1 is 1.11 bits per heavy atom. The average Bonchev–Trinajstić information content (AvgIpc) is 3.41. The van der Waals surface area contributed by atoms with Crippen molar-refractivity contribution in [3.8, 4) is 0 Å². The molecular weight excluding hydrogens is 462 g/mol. The molecule has 6 rings (SSSR count). The lowest BCUT2D eigenvalue weighted by Crippen LogP contribution is -2.05. The van der Waals surface area contributed by atoms with E-state index in [0.717, 1.165) is 64.8 Å². The number of nitrogens with one attached hydrogen (secondary N) is 2. The van der Waals surface area contributed by atoms with Crippen molar-refractivity contribution in [2.75, 3.05) is 5.32 Å². The van der Waals surface area contributed by atoms with Crippen LogP contribution in [0.4, 0.5) is 5.69 Å². The summed E-state index contributed by atoms with van der Waals surface area (Å²) in [5.74, 6) is -0.955. The summed E-state index contributed by atoms with van der Waals surface area (Å²) in [6, 6.07) is 14.2. The van der Waals surface area contributed by atoms with Gasteiger partial charge >= 0.3 is 5.97 Å². The molecular formula is C31H29N3O3. The van der Waals surface area contributed by atoms with Crippen molar-refractivity contribution in [1.29, 1.82) is 0 Å². The standard InChI is InChI=1S/C31H29N3O3/c1-18-19(11-13-29(35)36)10-12-26-30(18)24(31(37)34-26)17-28-23(22-8-4-5-9-25(22)33-28)16-27-21-7-3-2-6-20(21)14-15-32-27/h2-3,6-7,10,12,14-15,17,33H,4-5,8-9,11,13,16H2,1H3,(H,34,37)(H,35,36). The molecule has 37 heavy (non-hydrogen) atoms. The maximum Gasteiger partial charge on any atom is 0.303 e. The maximum atomic E-state index is 13.2. The zero-order valence-corrected chi connectivity index (χ0v) is 20.9. The Bertz CT molecular complexity index is 1590. The molecule has 186 valence electrons. The van der Waals surface area contributed by atoms with E-state index < -0.39 is 5.97 Å². The van der Waals surface area contributed by atoms with E-state index in [1.807, 2.05) is 49.5 Å². The second-order valence-corrected chi connectivity index (χ2v) is 10.0. The molecule has 3 heterocycles. The monoisotopic (exact) mass is 491 g/mol. The third-order valence-corrected chi connectivity index (χ3v) is 7.78. The number of carbonyl (C=O) groups is 2. The van der Waals surface area contributed by atoms with Crippen molar-refractivity contribution in [3.05, 3.63) is 93.6 Å². The average molecular weight is 492 g/mol. The number of hydrogen-bond donors (Lipinski definition) is 3. The lowest BCUT2D eigenvalue weighted by atomic mass is 9.90. The number of fused-ring (bicyclic) bond motifs is 3. The maximum absolute atomic E-state index is 13.2. The molecule has 0 atom stereocenters. The van der Waals surface area contributed by atoms with Gasteiger partial charge in [-0.1, -0.05) is 30.3 Å². The van der Waals surface area contributed by atoms with E-state index in [1.54, 1.807) is 0 Å². The molecule has 2 aliphatic rings. The summed E-state index contributed by atoms with van der Waals surface area (Å²) in [4.78, 5) is 32.7. The second-order valence-electron chi connectivity index (χ2n) is 10.0. The predicted molar refractivity (Wildman–Crippen MR) is 146 cm³/mol. The number of rotatable bonds is 6. The predicted octanol–water partition coefficient (Wildman–Crippen LogP) is 5.85. The molecule has 0 radical (unpaired) electrons. The number of carbonyl (C=O) groups excluding carboxylic acids is 1. The van der Waals surface area contributed by atoms with Crippen LogP contribution in [-0.4, -0.2) is 27.0 Å². The molecule has 3 N–H and O–H groups in total. The highest BCUT2D eigenvalue weighted by Gasteiger charge is 2.29. The fourth-order valence-corrected chi connectivity index (χ4v) is 5.90. The minimum atomic E-state index is -0.825. The second kappa shape index (κ2) is 9.36. The van der Waals surface area contributed by atoms with Crippen LogP contribution < -0.4 is 5.32 Å². The van der Waals surface area contributed by atoms with Crippen LogP contribution in [0.25, 0.3) is 22.4 Å². The third-order valence-electron chi connectivity index (χ3n) is 7.78. The van der Waals surface area contributed by atoms with Crippen LogP contribution >= 0.6 is 0 Å². The molecule has 2 aromatic carbocycles. The molecule has 1 aliphatic carbocycles. The SMILES string of the molecule is Cc1c(CCC(=O)O)ccc2c1C(=Cc1[nH]c3c(c1Cc1nccc4ccccc14)CCCC3)C(=O)N2. The number of amides is 1. The van der Waals surface area contributed by atoms with Crippen LogP contribution in [0.15, 0.2) is 48.7 Å². The minimum absolute atomic E-state index is 0.0611. The number of aliphatic carboxylic acids is 1. The Kier molecular flexibility index (Phi) is 5.87. The Labute approximate surface area is 215 Å². The number of nitrogens with zero attached hydrogens (tertiary/aromatic N) is 1. The van der Waals surface area contributed by atoms with Gasteiger partial charge < -0.3 is 15.4 Å². The normalized spacial score (nSPS) is 15.6. The van der Waals surface area contributed by atoms with Crippen LogP contribution in [0.2, 0.25) is 0 Å². The Balaban J connectivity index is 1.46. The summed E-state index contributed by atoms with van der Waals surface area (Å²) in [5, 5.41) is 14.5. The third kappa shape index (κ3) is 4.22. The van der Waals surface area contributed by atoms with Gasteiger partial charge in [-0.25, -0.2) is 0 Å². The molecule has 2 aromatic heterocycles. The summed E-state index contributed by atoms with van der Waals surface area (Å²) in [6.45, 7) is 1.98. The number of aromatic amines is 1. The van der Waals surface area contributed by atoms with Gasteiger partial charge in [-0.3, -0.25) is 14.6 Å². The molecule has 1 amide bonds. The highest BCUT2D eigenvalue weighted by atomic mass is 16.4. The number of carboxylic acids is 1. The van der Waals surface area contributed by atoms with E-state index in [-0.39, 0.29) is 12.3 Å². The minimum Gasteiger partial charge on any atom is -0.481 e. The van der Waals surface area contributed by atoms with Gasteiger partial charge in [0.25, 0.3) is 5.91 Å². The summed E-state index contributed by atoms with van der Waals surface area (Å²) in [5.41, 5.74) is 10.0. The van der Waals surface area contributed by atoms with Gasteiger partial charge in [0.05, 0.1) is 11.3 Å². The van der Waals surface area contributed by atoms with Gasteiger partial charge in [0.15, 0.2) is 0 Å². The van der Waals surface area contributed by atoms with Crippen LogP contribution in [0, 0.1) is 6.92 Å². The smallest absolute Gasteiger partial charge is 0.303 e.